The molecule has 0 spiro atoms. The summed E-state index contributed by atoms with van der Waals surface area (Å²) in [5.74, 6) is 0. The highest BCUT2D eigenvalue weighted by Gasteiger charge is 2.21. The molecule has 0 aliphatic heterocycles. The van der Waals surface area contributed by atoms with E-state index in [1.165, 1.54) is 70.8 Å². The Balaban J connectivity index is 0.951. The first-order valence-electron chi connectivity index (χ1n) is 23.7. The van der Waals surface area contributed by atoms with Gasteiger partial charge in [-0.3, -0.25) is 0 Å². The molecule has 0 saturated carbocycles. The molecular formula is C66H45N3. The summed E-state index contributed by atoms with van der Waals surface area (Å²) >= 11 is 0. The van der Waals surface area contributed by atoms with E-state index in [0.29, 0.717) is 0 Å². The van der Waals surface area contributed by atoms with Gasteiger partial charge in [-0.25, -0.2) is 0 Å². The van der Waals surface area contributed by atoms with Crippen molar-refractivity contribution in [1.29, 1.82) is 0 Å². The Labute approximate surface area is 401 Å². The molecule has 0 aliphatic rings. The summed E-state index contributed by atoms with van der Waals surface area (Å²) in [5.41, 5.74) is 14.9. The fourth-order valence-corrected chi connectivity index (χ4v) is 10.5. The quantitative estimate of drug-likeness (QED) is 0.143. The molecule has 0 N–H and O–H groups in total. The number of hydrogen-bond donors (Lipinski definition) is 0. The maximum atomic E-state index is 2.43. The molecule has 3 nitrogen and oxygen atoms in total. The summed E-state index contributed by atoms with van der Waals surface area (Å²) in [6.07, 6.45) is 0. The molecule has 0 unspecified atom stereocenters. The molecule has 1 heterocycles. The van der Waals surface area contributed by atoms with Crippen LogP contribution in [0, 0.1) is 0 Å². The van der Waals surface area contributed by atoms with Gasteiger partial charge in [-0.2, -0.15) is 0 Å². The van der Waals surface area contributed by atoms with Crippen molar-refractivity contribution in [3.63, 3.8) is 0 Å². The number of rotatable bonds is 9. The molecular weight excluding hydrogens is 835 g/mol. The highest BCUT2D eigenvalue weighted by atomic mass is 15.1. The van der Waals surface area contributed by atoms with E-state index in [4.69, 9.17) is 0 Å². The van der Waals surface area contributed by atoms with Gasteiger partial charge in [-0.1, -0.05) is 188 Å². The van der Waals surface area contributed by atoms with Crippen molar-refractivity contribution >= 4 is 88.2 Å². The lowest BCUT2D eigenvalue weighted by molar-refractivity contribution is 1.18. The highest BCUT2D eigenvalue weighted by Crippen LogP contribution is 2.46. The summed E-state index contributed by atoms with van der Waals surface area (Å²) in [5, 5.41) is 9.65. The number of benzene rings is 12. The molecule has 1 aromatic heterocycles. The van der Waals surface area contributed by atoms with E-state index in [0.717, 1.165) is 45.4 Å². The number of fused-ring (bicyclic) bond motifs is 6. The van der Waals surface area contributed by atoms with Crippen molar-refractivity contribution < 1.29 is 0 Å². The molecule has 69 heavy (non-hydrogen) atoms. The molecule has 13 rings (SSSR count). The van der Waals surface area contributed by atoms with Crippen LogP contribution in [0.3, 0.4) is 0 Å². The normalized spacial score (nSPS) is 11.5. The van der Waals surface area contributed by atoms with Crippen LogP contribution in [0.25, 0.3) is 82.1 Å². The maximum absolute atomic E-state index is 2.43. The molecule has 12 aromatic carbocycles. The minimum Gasteiger partial charge on any atom is -0.310 e. The van der Waals surface area contributed by atoms with E-state index in [1.54, 1.807) is 0 Å². The summed E-state index contributed by atoms with van der Waals surface area (Å²) in [6, 6.07) is 99.2. The minimum absolute atomic E-state index is 1.09. The molecule has 0 atom stereocenters. The van der Waals surface area contributed by atoms with Gasteiger partial charge in [0.2, 0.25) is 0 Å². The van der Waals surface area contributed by atoms with Crippen molar-refractivity contribution in [2.45, 2.75) is 0 Å². The smallest absolute Gasteiger partial charge is 0.0542 e. The third kappa shape index (κ3) is 7.08. The molecule has 0 bridgehead atoms. The second-order valence-electron chi connectivity index (χ2n) is 17.7. The van der Waals surface area contributed by atoms with E-state index in [1.807, 2.05) is 0 Å². The van der Waals surface area contributed by atoms with Gasteiger partial charge < -0.3 is 14.4 Å². The molecule has 3 heteroatoms. The van der Waals surface area contributed by atoms with E-state index in [-0.39, 0.29) is 0 Å². The van der Waals surface area contributed by atoms with Crippen molar-refractivity contribution in [3.05, 3.63) is 273 Å². The monoisotopic (exact) mass is 879 g/mol. The molecule has 0 saturated heterocycles. The predicted molar refractivity (Wildman–Crippen MR) is 294 cm³/mol. The number of nitrogens with zero attached hydrogens (tertiary/aromatic N) is 3. The Morgan fingerprint density at radius 2 is 0.754 bits per heavy atom. The summed E-state index contributed by atoms with van der Waals surface area (Å²) in [7, 11) is 0. The third-order valence-corrected chi connectivity index (χ3v) is 13.7. The van der Waals surface area contributed by atoms with Crippen molar-refractivity contribution in [1.82, 2.24) is 4.57 Å². The SMILES string of the molecule is c1ccc(-c2ccc(N(c3ccc4c(c3)c3ccccc3n4-c3ccccc3)c3ccc(-c4ccc(N(c5ccc6ccccc6c5)c5cccc6ccccc56)cc4)c4ccccc34)cc2)cc1. The lowest BCUT2D eigenvalue weighted by atomic mass is 9.95. The Hall–Kier alpha value is -9.18. The second kappa shape index (κ2) is 16.9. The summed E-state index contributed by atoms with van der Waals surface area (Å²) < 4.78 is 2.38. The number of aromatic nitrogens is 1. The average molecular weight is 880 g/mol. The van der Waals surface area contributed by atoms with Crippen LogP contribution in [0.2, 0.25) is 0 Å². The number of hydrogen-bond acceptors (Lipinski definition) is 2. The largest absolute Gasteiger partial charge is 0.310 e. The fourth-order valence-electron chi connectivity index (χ4n) is 10.5. The zero-order chi connectivity index (χ0) is 45.7. The van der Waals surface area contributed by atoms with E-state index >= 15 is 0 Å². The molecule has 13 aromatic rings. The first-order chi connectivity index (χ1) is 34.2. The third-order valence-electron chi connectivity index (χ3n) is 13.7. The minimum atomic E-state index is 1.09. The van der Waals surface area contributed by atoms with E-state index in [2.05, 4.69) is 287 Å². The van der Waals surface area contributed by atoms with Gasteiger partial charge in [-0.05, 0) is 129 Å². The van der Waals surface area contributed by atoms with Gasteiger partial charge in [0.25, 0.3) is 0 Å². The van der Waals surface area contributed by atoms with Gasteiger partial charge in [0.05, 0.1) is 22.4 Å². The topological polar surface area (TPSA) is 11.4 Å². The Kier molecular flexibility index (Phi) is 9.84. The van der Waals surface area contributed by atoms with Gasteiger partial charge in [-0.15, -0.1) is 0 Å². The van der Waals surface area contributed by atoms with Crippen molar-refractivity contribution in [2.75, 3.05) is 9.80 Å². The zero-order valence-corrected chi connectivity index (χ0v) is 37.8. The van der Waals surface area contributed by atoms with Crippen LogP contribution in [0.4, 0.5) is 34.1 Å². The van der Waals surface area contributed by atoms with E-state index < -0.39 is 0 Å². The van der Waals surface area contributed by atoms with Gasteiger partial charge in [0, 0.05) is 50.0 Å². The Bertz CT molecular complexity index is 4000. The maximum Gasteiger partial charge on any atom is 0.0542 e. The fraction of sp³-hybridized carbons (Fsp3) is 0. The van der Waals surface area contributed by atoms with Crippen molar-refractivity contribution in [2.24, 2.45) is 0 Å². The lowest BCUT2D eigenvalue weighted by Crippen LogP contribution is -2.11. The highest BCUT2D eigenvalue weighted by molar-refractivity contribution is 6.12. The Morgan fingerprint density at radius 3 is 1.51 bits per heavy atom. The average Bonchev–Trinajstić information content (AvgIpc) is 3.76. The Morgan fingerprint density at radius 1 is 0.246 bits per heavy atom. The van der Waals surface area contributed by atoms with Gasteiger partial charge >= 0.3 is 0 Å². The van der Waals surface area contributed by atoms with Crippen LogP contribution in [-0.4, -0.2) is 4.57 Å². The van der Waals surface area contributed by atoms with Crippen LogP contribution >= 0.6 is 0 Å². The zero-order valence-electron chi connectivity index (χ0n) is 37.8. The predicted octanol–water partition coefficient (Wildman–Crippen LogP) is 18.5. The first kappa shape index (κ1) is 40.1. The van der Waals surface area contributed by atoms with E-state index in [9.17, 15) is 0 Å². The van der Waals surface area contributed by atoms with Crippen LogP contribution < -0.4 is 9.80 Å². The van der Waals surface area contributed by atoms with Crippen LogP contribution in [0.15, 0.2) is 273 Å². The molecule has 324 valence electrons. The van der Waals surface area contributed by atoms with Crippen molar-refractivity contribution in [3.8, 4) is 27.9 Å². The molecule has 0 amide bonds. The number of para-hydroxylation sites is 2. The van der Waals surface area contributed by atoms with Gasteiger partial charge in [0.1, 0.15) is 0 Å². The van der Waals surface area contributed by atoms with Crippen LogP contribution in [0.5, 0.6) is 0 Å². The second-order valence-corrected chi connectivity index (χ2v) is 17.7. The van der Waals surface area contributed by atoms with Crippen LogP contribution in [0.1, 0.15) is 0 Å². The summed E-state index contributed by atoms with van der Waals surface area (Å²) in [6.45, 7) is 0. The molecule has 0 radical (unpaired) electrons. The van der Waals surface area contributed by atoms with Crippen LogP contribution in [-0.2, 0) is 0 Å². The molecule has 0 aliphatic carbocycles. The van der Waals surface area contributed by atoms with Gasteiger partial charge in [0.15, 0.2) is 0 Å². The standard InChI is InChI=1S/C66H45N3/c1-3-16-46(17-4-1)48-30-35-53(36-31-48)68(56-40-42-66-62(45-56)61-27-13-14-28-64(61)69(66)52-22-5-2-6-23-52)65-43-41-57(59-25-11-12-26-60(59)65)50-33-37-54(38-34-50)67(55-39-32-47-18-7-8-20-51(47)44-55)63-29-15-21-49-19-9-10-24-58(49)63/h1-45H. The molecule has 0 fully saturated rings. The summed E-state index contributed by atoms with van der Waals surface area (Å²) in [4.78, 5) is 4.83. The lowest BCUT2D eigenvalue weighted by Gasteiger charge is -2.28. The first-order valence-corrected chi connectivity index (χ1v) is 23.7. The number of anilines is 6.